The maximum absolute atomic E-state index is 12.9. The molecule has 3 aromatic carbocycles. The Balaban J connectivity index is 1.66. The highest BCUT2D eigenvalue weighted by atomic mass is 19.4. The molecule has 0 radical (unpaired) electrons. The van der Waals surface area contributed by atoms with Crippen LogP contribution in [0.4, 0.5) is 13.2 Å². The first-order chi connectivity index (χ1) is 16.9. The quantitative estimate of drug-likeness (QED) is 0.263. The van der Waals surface area contributed by atoms with Gasteiger partial charge in [-0.2, -0.15) is 4.98 Å². The standard InChI is InChI=1S/C28H20F3NO3/c1-2-22-13-14-23(17-25(22)35-28(29,30)31)24-15-16-26(33-18-20-9-5-3-6-10-20)32-27(24)34-19-21-11-7-4-8-12-21/h1,3-17H,18-19H2. The van der Waals surface area contributed by atoms with Gasteiger partial charge >= 0.3 is 6.36 Å². The minimum Gasteiger partial charge on any atom is -0.473 e. The molecule has 0 unspecified atom stereocenters. The third kappa shape index (κ3) is 6.55. The summed E-state index contributed by atoms with van der Waals surface area (Å²) in [4.78, 5) is 4.48. The molecule has 0 amide bonds. The molecule has 0 saturated carbocycles. The van der Waals surface area contributed by atoms with Crippen LogP contribution in [0.5, 0.6) is 17.5 Å². The van der Waals surface area contributed by atoms with Crippen molar-refractivity contribution in [3.05, 3.63) is 108 Å². The average Bonchev–Trinajstić information content (AvgIpc) is 2.86. The molecular weight excluding hydrogens is 455 g/mol. The van der Waals surface area contributed by atoms with Crippen LogP contribution >= 0.6 is 0 Å². The van der Waals surface area contributed by atoms with Crippen molar-refractivity contribution in [3.63, 3.8) is 0 Å². The Labute approximate surface area is 200 Å². The summed E-state index contributed by atoms with van der Waals surface area (Å²) < 4.78 is 54.7. The van der Waals surface area contributed by atoms with Gasteiger partial charge in [-0.05, 0) is 34.9 Å². The van der Waals surface area contributed by atoms with Gasteiger partial charge in [-0.1, -0.05) is 72.7 Å². The number of hydrogen-bond acceptors (Lipinski definition) is 4. The van der Waals surface area contributed by atoms with E-state index in [0.29, 0.717) is 23.6 Å². The zero-order valence-electron chi connectivity index (χ0n) is 18.5. The maximum Gasteiger partial charge on any atom is 0.573 e. The summed E-state index contributed by atoms with van der Waals surface area (Å²) in [6.45, 7) is 0.503. The van der Waals surface area contributed by atoms with E-state index in [1.807, 2.05) is 60.7 Å². The van der Waals surface area contributed by atoms with E-state index in [1.165, 1.54) is 12.1 Å². The maximum atomic E-state index is 12.9. The molecule has 0 bridgehead atoms. The van der Waals surface area contributed by atoms with E-state index < -0.39 is 12.1 Å². The number of hydrogen-bond donors (Lipinski definition) is 0. The molecule has 1 heterocycles. The van der Waals surface area contributed by atoms with Crippen molar-refractivity contribution in [2.45, 2.75) is 19.6 Å². The van der Waals surface area contributed by atoms with Crippen LogP contribution in [-0.2, 0) is 13.2 Å². The van der Waals surface area contributed by atoms with E-state index in [9.17, 15) is 13.2 Å². The number of aromatic nitrogens is 1. The fraction of sp³-hybridized carbons (Fsp3) is 0.107. The molecule has 0 spiro atoms. The van der Waals surface area contributed by atoms with E-state index in [2.05, 4.69) is 15.6 Å². The van der Waals surface area contributed by atoms with Gasteiger partial charge in [0.1, 0.15) is 19.0 Å². The van der Waals surface area contributed by atoms with Crippen LogP contribution in [0.2, 0.25) is 0 Å². The van der Waals surface area contributed by atoms with Crippen molar-refractivity contribution < 1.29 is 27.4 Å². The molecule has 0 atom stereocenters. The van der Waals surface area contributed by atoms with Gasteiger partial charge in [-0.25, -0.2) is 0 Å². The zero-order valence-corrected chi connectivity index (χ0v) is 18.5. The molecule has 1 aromatic heterocycles. The first-order valence-corrected chi connectivity index (χ1v) is 10.6. The summed E-state index contributed by atoms with van der Waals surface area (Å²) in [5, 5.41) is 0. The van der Waals surface area contributed by atoms with Crippen molar-refractivity contribution in [1.29, 1.82) is 0 Å². The number of nitrogens with zero attached hydrogens (tertiary/aromatic N) is 1. The summed E-state index contributed by atoms with van der Waals surface area (Å²) in [5.41, 5.74) is 2.70. The summed E-state index contributed by atoms with van der Waals surface area (Å²) in [6.07, 6.45) is 0.466. The summed E-state index contributed by atoms with van der Waals surface area (Å²) in [7, 11) is 0. The Morgan fingerprint density at radius 3 is 2.00 bits per heavy atom. The Morgan fingerprint density at radius 1 is 0.771 bits per heavy atom. The number of halogens is 3. The van der Waals surface area contributed by atoms with Crippen LogP contribution < -0.4 is 14.2 Å². The highest BCUT2D eigenvalue weighted by Gasteiger charge is 2.32. The molecule has 0 aliphatic rings. The molecule has 176 valence electrons. The summed E-state index contributed by atoms with van der Waals surface area (Å²) in [5.74, 6) is 2.24. The Bertz CT molecular complexity index is 1320. The van der Waals surface area contributed by atoms with E-state index in [1.54, 1.807) is 18.2 Å². The monoisotopic (exact) mass is 475 g/mol. The molecule has 4 aromatic rings. The molecular formula is C28H20F3NO3. The van der Waals surface area contributed by atoms with Crippen molar-refractivity contribution in [2.75, 3.05) is 0 Å². The number of benzene rings is 3. The zero-order chi connectivity index (χ0) is 24.7. The third-order valence-corrected chi connectivity index (χ3v) is 4.96. The van der Waals surface area contributed by atoms with Crippen LogP contribution in [0.3, 0.4) is 0 Å². The van der Waals surface area contributed by atoms with Crippen LogP contribution in [0.25, 0.3) is 11.1 Å². The van der Waals surface area contributed by atoms with E-state index in [-0.39, 0.29) is 18.1 Å². The lowest BCUT2D eigenvalue weighted by molar-refractivity contribution is -0.274. The van der Waals surface area contributed by atoms with Crippen LogP contribution in [-0.4, -0.2) is 11.3 Å². The SMILES string of the molecule is C#Cc1ccc(-c2ccc(OCc3ccccc3)nc2OCc2ccccc2)cc1OC(F)(F)F. The predicted octanol–water partition coefficient (Wildman–Crippen LogP) is 6.79. The number of terminal acetylenes is 1. The second-order valence-electron chi connectivity index (χ2n) is 7.45. The number of alkyl halides is 3. The largest absolute Gasteiger partial charge is 0.573 e. The lowest BCUT2D eigenvalue weighted by Crippen LogP contribution is -2.17. The average molecular weight is 475 g/mol. The van der Waals surface area contributed by atoms with E-state index in [4.69, 9.17) is 15.9 Å². The minimum atomic E-state index is -4.88. The Kier molecular flexibility index (Phi) is 7.22. The van der Waals surface area contributed by atoms with Gasteiger partial charge in [-0.15, -0.1) is 19.6 Å². The van der Waals surface area contributed by atoms with E-state index >= 15 is 0 Å². The van der Waals surface area contributed by atoms with Gasteiger partial charge in [0.25, 0.3) is 0 Å². The second kappa shape index (κ2) is 10.7. The van der Waals surface area contributed by atoms with Crippen molar-refractivity contribution in [2.24, 2.45) is 0 Å². The third-order valence-electron chi connectivity index (χ3n) is 4.96. The predicted molar refractivity (Wildman–Crippen MR) is 126 cm³/mol. The summed E-state index contributed by atoms with van der Waals surface area (Å²) >= 11 is 0. The molecule has 0 saturated heterocycles. The molecule has 4 nitrogen and oxygen atoms in total. The molecule has 0 aliphatic heterocycles. The minimum absolute atomic E-state index is 0.0198. The van der Waals surface area contributed by atoms with Gasteiger partial charge in [0.05, 0.1) is 5.56 Å². The highest BCUT2D eigenvalue weighted by molar-refractivity contribution is 5.72. The summed E-state index contributed by atoms with van der Waals surface area (Å²) in [6, 6.07) is 26.5. The molecule has 0 aliphatic carbocycles. The van der Waals surface area contributed by atoms with Gasteiger partial charge in [0.2, 0.25) is 11.8 Å². The molecule has 0 fully saturated rings. The number of ether oxygens (including phenoxy) is 3. The van der Waals surface area contributed by atoms with Crippen LogP contribution in [0, 0.1) is 12.3 Å². The van der Waals surface area contributed by atoms with Gasteiger partial charge in [0, 0.05) is 11.6 Å². The van der Waals surface area contributed by atoms with Gasteiger partial charge in [0.15, 0.2) is 0 Å². The molecule has 0 N–H and O–H groups in total. The van der Waals surface area contributed by atoms with Crippen LogP contribution in [0.15, 0.2) is 91.0 Å². The number of pyridine rings is 1. The second-order valence-corrected chi connectivity index (χ2v) is 7.45. The van der Waals surface area contributed by atoms with Gasteiger partial charge in [-0.3, -0.25) is 0 Å². The Hall–Kier alpha value is -4.44. The lowest BCUT2D eigenvalue weighted by atomic mass is 10.0. The molecule has 4 rings (SSSR count). The first kappa shape index (κ1) is 23.7. The number of rotatable bonds is 8. The van der Waals surface area contributed by atoms with Gasteiger partial charge < -0.3 is 14.2 Å². The smallest absolute Gasteiger partial charge is 0.473 e. The van der Waals surface area contributed by atoms with E-state index in [0.717, 1.165) is 11.1 Å². The molecule has 35 heavy (non-hydrogen) atoms. The topological polar surface area (TPSA) is 40.6 Å². The fourth-order valence-electron chi connectivity index (χ4n) is 3.31. The fourth-order valence-corrected chi connectivity index (χ4v) is 3.31. The van der Waals surface area contributed by atoms with Crippen LogP contribution in [0.1, 0.15) is 16.7 Å². The van der Waals surface area contributed by atoms with Crippen molar-refractivity contribution >= 4 is 0 Å². The normalized spacial score (nSPS) is 10.9. The Morgan fingerprint density at radius 2 is 1.40 bits per heavy atom. The molecule has 7 heteroatoms. The first-order valence-electron chi connectivity index (χ1n) is 10.6. The van der Waals surface area contributed by atoms with Crippen molar-refractivity contribution in [3.8, 4) is 41.0 Å². The lowest BCUT2D eigenvalue weighted by Gasteiger charge is -2.15. The van der Waals surface area contributed by atoms with Crippen molar-refractivity contribution in [1.82, 2.24) is 4.98 Å². The highest BCUT2D eigenvalue weighted by Crippen LogP contribution is 2.36.